The van der Waals surface area contributed by atoms with Crippen LogP contribution in [0.2, 0.25) is 0 Å². The average Bonchev–Trinajstić information content (AvgIpc) is 2.36. The van der Waals surface area contributed by atoms with Gasteiger partial charge in [0.2, 0.25) is 0 Å². The number of ether oxygens (including phenoxy) is 1. The molecule has 2 aromatic rings. The van der Waals surface area contributed by atoms with Crippen molar-refractivity contribution in [2.75, 3.05) is 0 Å². The van der Waals surface area contributed by atoms with Crippen molar-refractivity contribution in [1.82, 2.24) is 0 Å². The summed E-state index contributed by atoms with van der Waals surface area (Å²) in [4.78, 5) is 0. The molecule has 0 atom stereocenters. The number of hydrogen-bond acceptors (Lipinski definition) is 2. The molecule has 0 aliphatic rings. The first-order chi connectivity index (χ1) is 9.08. The Morgan fingerprint density at radius 3 is 2.21 bits per heavy atom. The van der Waals surface area contributed by atoms with E-state index in [2.05, 4.69) is 57.2 Å². The SMILES string of the molecule is Cc1cc(C)cc(OCc2ccc(CN)cc2C)c1. The molecule has 2 nitrogen and oxygen atoms in total. The lowest BCUT2D eigenvalue weighted by Crippen LogP contribution is -2.01. The van der Waals surface area contributed by atoms with Crippen LogP contribution < -0.4 is 10.5 Å². The van der Waals surface area contributed by atoms with E-state index in [-0.39, 0.29) is 0 Å². The van der Waals surface area contributed by atoms with Gasteiger partial charge in [-0.1, -0.05) is 24.3 Å². The predicted octanol–water partition coefficient (Wildman–Crippen LogP) is 3.65. The Kier molecular flexibility index (Phi) is 4.23. The lowest BCUT2D eigenvalue weighted by atomic mass is 10.1. The third kappa shape index (κ3) is 3.58. The van der Waals surface area contributed by atoms with Crippen LogP contribution in [0.1, 0.15) is 27.8 Å². The number of hydrogen-bond donors (Lipinski definition) is 1. The van der Waals surface area contributed by atoms with Crippen LogP contribution in [-0.2, 0) is 13.2 Å². The Morgan fingerprint density at radius 2 is 1.63 bits per heavy atom. The molecule has 2 rings (SSSR count). The lowest BCUT2D eigenvalue weighted by molar-refractivity contribution is 0.305. The summed E-state index contributed by atoms with van der Waals surface area (Å²) in [5.74, 6) is 0.930. The fourth-order valence-corrected chi connectivity index (χ4v) is 2.22. The van der Waals surface area contributed by atoms with Crippen LogP contribution in [-0.4, -0.2) is 0 Å². The second kappa shape index (κ2) is 5.89. The molecule has 0 amide bonds. The molecule has 19 heavy (non-hydrogen) atoms. The Morgan fingerprint density at radius 1 is 0.947 bits per heavy atom. The van der Waals surface area contributed by atoms with Gasteiger partial charge < -0.3 is 10.5 Å². The predicted molar refractivity (Wildman–Crippen MR) is 79.3 cm³/mol. The van der Waals surface area contributed by atoms with Gasteiger partial charge in [-0.2, -0.15) is 0 Å². The first-order valence-electron chi connectivity index (χ1n) is 6.58. The van der Waals surface area contributed by atoms with E-state index in [0.29, 0.717) is 13.2 Å². The summed E-state index contributed by atoms with van der Waals surface area (Å²) >= 11 is 0. The maximum atomic E-state index is 5.88. The van der Waals surface area contributed by atoms with Gasteiger partial charge in [0, 0.05) is 6.54 Å². The third-order valence-electron chi connectivity index (χ3n) is 3.23. The van der Waals surface area contributed by atoms with E-state index >= 15 is 0 Å². The van der Waals surface area contributed by atoms with Crippen molar-refractivity contribution in [3.05, 3.63) is 64.2 Å². The molecule has 0 radical (unpaired) electrons. The zero-order valence-corrected chi connectivity index (χ0v) is 11.9. The molecule has 100 valence electrons. The molecular formula is C17H21NO. The van der Waals surface area contributed by atoms with Crippen LogP contribution >= 0.6 is 0 Å². The first-order valence-corrected chi connectivity index (χ1v) is 6.58. The molecule has 2 aromatic carbocycles. The smallest absolute Gasteiger partial charge is 0.120 e. The highest BCUT2D eigenvalue weighted by atomic mass is 16.5. The van der Waals surface area contributed by atoms with Gasteiger partial charge in [-0.25, -0.2) is 0 Å². The summed E-state index contributed by atoms with van der Waals surface area (Å²) in [5.41, 5.74) is 11.7. The van der Waals surface area contributed by atoms with E-state index < -0.39 is 0 Å². The third-order valence-corrected chi connectivity index (χ3v) is 3.23. The minimum atomic E-state index is 0.582. The maximum Gasteiger partial charge on any atom is 0.120 e. The van der Waals surface area contributed by atoms with Gasteiger partial charge >= 0.3 is 0 Å². The van der Waals surface area contributed by atoms with Crippen molar-refractivity contribution >= 4 is 0 Å². The zero-order chi connectivity index (χ0) is 13.8. The number of benzene rings is 2. The van der Waals surface area contributed by atoms with Gasteiger partial charge in [-0.05, 0) is 60.7 Å². The highest BCUT2D eigenvalue weighted by Crippen LogP contribution is 2.19. The summed E-state index contributed by atoms with van der Waals surface area (Å²) < 4.78 is 5.88. The molecule has 0 saturated heterocycles. The van der Waals surface area contributed by atoms with E-state index in [4.69, 9.17) is 10.5 Å². The quantitative estimate of drug-likeness (QED) is 0.905. The van der Waals surface area contributed by atoms with Crippen molar-refractivity contribution < 1.29 is 4.74 Å². The van der Waals surface area contributed by atoms with Gasteiger partial charge in [0.1, 0.15) is 12.4 Å². The number of nitrogens with two attached hydrogens (primary N) is 1. The van der Waals surface area contributed by atoms with Crippen molar-refractivity contribution in [3.8, 4) is 5.75 Å². The molecule has 0 fully saturated rings. The van der Waals surface area contributed by atoms with Gasteiger partial charge in [0.15, 0.2) is 0 Å². The summed E-state index contributed by atoms with van der Waals surface area (Å²) in [6, 6.07) is 12.6. The standard InChI is InChI=1S/C17H21NO/c1-12-6-13(2)8-17(7-12)19-11-16-5-4-15(10-18)9-14(16)3/h4-9H,10-11,18H2,1-3H3. The molecule has 2 N–H and O–H groups in total. The summed E-state index contributed by atoms with van der Waals surface area (Å²) in [5, 5.41) is 0. The number of aryl methyl sites for hydroxylation is 3. The molecule has 0 aromatic heterocycles. The second-order valence-electron chi connectivity index (χ2n) is 5.08. The van der Waals surface area contributed by atoms with Crippen LogP contribution in [0.3, 0.4) is 0 Å². The van der Waals surface area contributed by atoms with Crippen molar-refractivity contribution in [2.45, 2.75) is 33.9 Å². The molecular weight excluding hydrogens is 234 g/mol. The van der Waals surface area contributed by atoms with Crippen molar-refractivity contribution in [3.63, 3.8) is 0 Å². The van der Waals surface area contributed by atoms with Crippen LogP contribution in [0.4, 0.5) is 0 Å². The molecule has 0 saturated carbocycles. The van der Waals surface area contributed by atoms with E-state index in [0.717, 1.165) is 11.3 Å². The van der Waals surface area contributed by atoms with Crippen LogP contribution in [0, 0.1) is 20.8 Å². The Bertz CT molecular complexity index is 555. The average molecular weight is 255 g/mol. The topological polar surface area (TPSA) is 35.2 Å². The summed E-state index contributed by atoms with van der Waals surface area (Å²) in [6.07, 6.45) is 0. The zero-order valence-electron chi connectivity index (χ0n) is 11.9. The first kappa shape index (κ1) is 13.6. The second-order valence-corrected chi connectivity index (χ2v) is 5.08. The molecule has 0 aliphatic heterocycles. The molecule has 0 unspecified atom stereocenters. The lowest BCUT2D eigenvalue weighted by Gasteiger charge is -2.11. The fraction of sp³-hybridized carbons (Fsp3) is 0.294. The van der Waals surface area contributed by atoms with Crippen LogP contribution in [0.15, 0.2) is 36.4 Å². The van der Waals surface area contributed by atoms with E-state index in [1.807, 2.05) is 0 Å². The van der Waals surface area contributed by atoms with Gasteiger partial charge in [0.25, 0.3) is 0 Å². The van der Waals surface area contributed by atoms with Gasteiger partial charge in [0.05, 0.1) is 0 Å². The highest BCUT2D eigenvalue weighted by Gasteiger charge is 2.02. The van der Waals surface area contributed by atoms with E-state index in [1.54, 1.807) is 0 Å². The van der Waals surface area contributed by atoms with Crippen molar-refractivity contribution in [2.24, 2.45) is 5.73 Å². The molecule has 2 heteroatoms. The van der Waals surface area contributed by atoms with Crippen LogP contribution in [0.5, 0.6) is 5.75 Å². The Hall–Kier alpha value is -1.80. The molecule has 0 bridgehead atoms. The normalized spacial score (nSPS) is 10.5. The molecule has 0 spiro atoms. The minimum Gasteiger partial charge on any atom is -0.489 e. The van der Waals surface area contributed by atoms with Gasteiger partial charge in [-0.15, -0.1) is 0 Å². The largest absolute Gasteiger partial charge is 0.489 e. The summed E-state index contributed by atoms with van der Waals surface area (Å²) in [6.45, 7) is 7.44. The maximum absolute atomic E-state index is 5.88. The van der Waals surface area contributed by atoms with E-state index in [1.165, 1.54) is 22.3 Å². The highest BCUT2D eigenvalue weighted by molar-refractivity contribution is 5.34. The van der Waals surface area contributed by atoms with Crippen LogP contribution in [0.25, 0.3) is 0 Å². The minimum absolute atomic E-state index is 0.582. The Labute approximate surface area is 115 Å². The number of rotatable bonds is 4. The van der Waals surface area contributed by atoms with Gasteiger partial charge in [-0.3, -0.25) is 0 Å². The monoisotopic (exact) mass is 255 g/mol. The molecule has 0 heterocycles. The fourth-order valence-electron chi connectivity index (χ4n) is 2.22. The van der Waals surface area contributed by atoms with Crippen molar-refractivity contribution in [1.29, 1.82) is 0 Å². The summed E-state index contributed by atoms with van der Waals surface area (Å²) in [7, 11) is 0. The van der Waals surface area contributed by atoms with E-state index in [9.17, 15) is 0 Å². The Balaban J connectivity index is 2.10. The molecule has 0 aliphatic carbocycles.